The Morgan fingerprint density at radius 2 is 1.71 bits per heavy atom. The second-order valence-electron chi connectivity index (χ2n) is 17.3. The van der Waals surface area contributed by atoms with E-state index in [-0.39, 0.29) is 58.5 Å². The first-order chi connectivity index (χ1) is 30.2. The molecular formula is C46H49Cl2FN8O5S. The summed E-state index contributed by atoms with van der Waals surface area (Å²) < 4.78 is 56.9. The predicted octanol–water partition coefficient (Wildman–Crippen LogP) is 8.67. The third-order valence-corrected chi connectivity index (χ3v) is 14.1. The standard InChI is InChI=1S/C46H49Cl2FN8O5S/c1-45(2)13-12-32(37(26-45)31-6-8-33(47)9-7-31)29-56-20-22-57(23-21-56)34-10-11-36(42(24-34)62-41-5-3-4-40-38(41)28-52-53-40)43(58)54-63(59,60)35-25-39(48)44(51-27-35)61-30-46(49)14-17-55(18-15-46)19-16-50/h3-11,24-25,27-28H,12-15,17-23,26,29-30H2,1-2H3,(H,52,53)(H,54,58). The van der Waals surface area contributed by atoms with Crippen molar-refractivity contribution in [1.29, 1.82) is 5.26 Å². The van der Waals surface area contributed by atoms with E-state index in [1.54, 1.807) is 36.5 Å². The Labute approximate surface area is 376 Å². The molecule has 0 bridgehead atoms. The third-order valence-electron chi connectivity index (χ3n) is 12.2. The van der Waals surface area contributed by atoms with E-state index in [1.165, 1.54) is 16.7 Å². The molecule has 17 heteroatoms. The van der Waals surface area contributed by atoms with E-state index in [1.807, 2.05) is 23.1 Å². The number of sulfonamides is 1. The van der Waals surface area contributed by atoms with Crippen LogP contribution in [0.15, 0.2) is 89.6 Å². The fraction of sp³-hybridized carbons (Fsp3) is 0.391. The smallest absolute Gasteiger partial charge is 0.268 e. The zero-order valence-corrected chi connectivity index (χ0v) is 37.5. The van der Waals surface area contributed by atoms with Crippen LogP contribution in [0.2, 0.25) is 10.0 Å². The molecule has 0 atom stereocenters. The Morgan fingerprint density at radius 1 is 0.952 bits per heavy atom. The van der Waals surface area contributed by atoms with E-state index in [0.717, 1.165) is 80.5 Å². The maximum absolute atomic E-state index is 15.4. The van der Waals surface area contributed by atoms with Crippen LogP contribution in [0.4, 0.5) is 10.1 Å². The largest absolute Gasteiger partial charge is 0.473 e. The Kier molecular flexibility index (Phi) is 13.0. The van der Waals surface area contributed by atoms with Crippen molar-refractivity contribution in [2.24, 2.45) is 5.41 Å². The van der Waals surface area contributed by atoms with Crippen LogP contribution in [-0.2, 0) is 10.0 Å². The van der Waals surface area contributed by atoms with Gasteiger partial charge in [0.1, 0.15) is 33.7 Å². The van der Waals surface area contributed by atoms with Gasteiger partial charge in [-0.05, 0) is 91.1 Å². The van der Waals surface area contributed by atoms with E-state index in [2.05, 4.69) is 61.8 Å². The zero-order chi connectivity index (χ0) is 44.4. The maximum atomic E-state index is 15.4. The van der Waals surface area contributed by atoms with Crippen molar-refractivity contribution in [3.05, 3.63) is 106 Å². The topological polar surface area (TPSA) is 157 Å². The highest BCUT2D eigenvalue weighted by Gasteiger charge is 2.36. The van der Waals surface area contributed by atoms with Crippen LogP contribution in [0.3, 0.4) is 0 Å². The molecule has 330 valence electrons. The van der Waals surface area contributed by atoms with Crippen LogP contribution >= 0.6 is 23.2 Å². The number of allylic oxidation sites excluding steroid dienone is 1. The minimum Gasteiger partial charge on any atom is -0.473 e. The van der Waals surface area contributed by atoms with Gasteiger partial charge in [0.25, 0.3) is 15.9 Å². The van der Waals surface area contributed by atoms with Crippen molar-refractivity contribution in [2.45, 2.75) is 56.5 Å². The summed E-state index contributed by atoms with van der Waals surface area (Å²) in [6.45, 7) is 9.35. The van der Waals surface area contributed by atoms with Crippen molar-refractivity contribution in [3.63, 3.8) is 0 Å². The summed E-state index contributed by atoms with van der Waals surface area (Å²) in [7, 11) is -4.50. The number of pyridine rings is 1. The molecule has 5 aromatic rings. The number of alkyl halides is 1. The number of likely N-dealkylation sites (tertiary alicyclic amines) is 1. The minimum absolute atomic E-state index is 0.0172. The van der Waals surface area contributed by atoms with Gasteiger partial charge in [-0.3, -0.25) is 19.7 Å². The summed E-state index contributed by atoms with van der Waals surface area (Å²) in [5.41, 5.74) is 4.20. The van der Waals surface area contributed by atoms with Gasteiger partial charge in [0.05, 0.1) is 41.5 Å². The molecule has 1 amide bonds. The molecule has 2 aliphatic heterocycles. The lowest BCUT2D eigenvalue weighted by molar-refractivity contribution is 0.0196. The van der Waals surface area contributed by atoms with Gasteiger partial charge in [0.15, 0.2) is 0 Å². The van der Waals surface area contributed by atoms with Gasteiger partial charge in [0.2, 0.25) is 5.88 Å². The number of aromatic nitrogens is 3. The number of H-pyrrole nitrogens is 1. The van der Waals surface area contributed by atoms with Crippen molar-refractivity contribution in [2.75, 3.05) is 63.9 Å². The van der Waals surface area contributed by atoms with E-state index >= 15 is 4.39 Å². The lowest BCUT2D eigenvalue weighted by Gasteiger charge is -2.39. The minimum atomic E-state index is -4.50. The number of hydrogen-bond donors (Lipinski definition) is 2. The van der Waals surface area contributed by atoms with Crippen molar-refractivity contribution in [3.8, 4) is 23.4 Å². The fourth-order valence-electron chi connectivity index (χ4n) is 8.48. The summed E-state index contributed by atoms with van der Waals surface area (Å²) in [4.78, 5) is 24.2. The lowest BCUT2D eigenvalue weighted by atomic mass is 9.72. The monoisotopic (exact) mass is 914 g/mol. The van der Waals surface area contributed by atoms with Gasteiger partial charge in [-0.2, -0.15) is 10.4 Å². The lowest BCUT2D eigenvalue weighted by Crippen LogP contribution is -2.47. The van der Waals surface area contributed by atoms with Crippen LogP contribution < -0.4 is 19.1 Å². The van der Waals surface area contributed by atoms with Gasteiger partial charge in [-0.15, -0.1) is 0 Å². The zero-order valence-electron chi connectivity index (χ0n) is 35.2. The fourth-order valence-corrected chi connectivity index (χ4v) is 9.82. The first-order valence-corrected chi connectivity index (χ1v) is 23.2. The highest BCUT2D eigenvalue weighted by molar-refractivity contribution is 7.90. The van der Waals surface area contributed by atoms with Gasteiger partial charge in [-0.1, -0.05) is 60.8 Å². The van der Waals surface area contributed by atoms with E-state index < -0.39 is 21.6 Å². The van der Waals surface area contributed by atoms with Crippen LogP contribution in [0.5, 0.6) is 17.4 Å². The van der Waals surface area contributed by atoms with Crippen molar-refractivity contribution < 1.29 is 27.1 Å². The quantitative estimate of drug-likeness (QED) is 0.109. The molecular weight excluding hydrogens is 867 g/mol. The number of nitriles is 1. The number of fused-ring (bicyclic) bond motifs is 1. The van der Waals surface area contributed by atoms with Crippen LogP contribution in [0.1, 0.15) is 61.9 Å². The normalized spacial score (nSPS) is 18.3. The number of amides is 1. The number of carbonyl (C=O) groups excluding carboxylic acids is 1. The van der Waals surface area contributed by atoms with Crippen LogP contribution in [-0.4, -0.2) is 104 Å². The number of piperidine rings is 1. The highest BCUT2D eigenvalue weighted by atomic mass is 35.5. The molecule has 2 N–H and O–H groups in total. The summed E-state index contributed by atoms with van der Waals surface area (Å²) >= 11 is 12.6. The SMILES string of the molecule is CC1(C)CCC(CN2CCN(c3ccc(C(=O)NS(=O)(=O)c4cnc(OCC5(F)CCN(CC#N)CC5)c(Cl)c4)c(Oc4cccc5[nH]ncc45)c3)CC2)=C(c2ccc(Cl)cc2)C1. The number of rotatable bonds is 13. The second-order valence-corrected chi connectivity index (χ2v) is 19.9. The summed E-state index contributed by atoms with van der Waals surface area (Å²) in [6.07, 6.45) is 6.14. The van der Waals surface area contributed by atoms with E-state index in [4.69, 9.17) is 37.9 Å². The van der Waals surface area contributed by atoms with Gasteiger partial charge >= 0.3 is 0 Å². The molecule has 0 saturated carbocycles. The Morgan fingerprint density at radius 3 is 2.44 bits per heavy atom. The summed E-state index contributed by atoms with van der Waals surface area (Å²) in [5.74, 6) is -0.496. The number of anilines is 1. The summed E-state index contributed by atoms with van der Waals surface area (Å²) in [6, 6.07) is 21.8. The highest BCUT2D eigenvalue weighted by Crippen LogP contribution is 2.44. The molecule has 4 heterocycles. The molecule has 0 radical (unpaired) electrons. The molecule has 1 aliphatic carbocycles. The number of piperazine rings is 1. The van der Waals surface area contributed by atoms with Gasteiger partial charge in [-0.25, -0.2) is 22.5 Å². The molecule has 2 fully saturated rings. The average molecular weight is 916 g/mol. The Bertz CT molecular complexity index is 2670. The van der Waals surface area contributed by atoms with Gasteiger partial charge < -0.3 is 14.4 Å². The number of ether oxygens (including phenoxy) is 2. The molecule has 13 nitrogen and oxygen atoms in total. The average Bonchev–Trinajstić information content (AvgIpc) is 3.75. The molecule has 8 rings (SSSR count). The van der Waals surface area contributed by atoms with E-state index in [0.29, 0.717) is 24.2 Å². The molecule has 3 aliphatic rings. The third kappa shape index (κ3) is 10.4. The molecule has 0 spiro atoms. The number of aromatic amines is 1. The molecule has 3 aromatic carbocycles. The second kappa shape index (κ2) is 18.5. The van der Waals surface area contributed by atoms with Gasteiger partial charge in [0, 0.05) is 62.6 Å². The number of halogens is 3. The molecule has 2 aromatic heterocycles. The first kappa shape index (κ1) is 44.4. The Hall–Kier alpha value is -5.24. The van der Waals surface area contributed by atoms with Crippen molar-refractivity contribution in [1.82, 2.24) is 29.7 Å². The molecule has 2 saturated heterocycles. The number of nitrogens with zero attached hydrogens (tertiary/aromatic N) is 6. The van der Waals surface area contributed by atoms with Crippen molar-refractivity contribution >= 4 is 61.3 Å². The first-order valence-electron chi connectivity index (χ1n) is 21.0. The summed E-state index contributed by atoms with van der Waals surface area (Å²) in [5, 5.41) is 17.2. The van der Waals surface area contributed by atoms with Crippen LogP contribution in [0, 0.1) is 16.7 Å². The number of hydrogen-bond acceptors (Lipinski definition) is 11. The molecule has 63 heavy (non-hydrogen) atoms. The number of carbonyl (C=O) groups is 1. The Balaban J connectivity index is 0.975. The maximum Gasteiger partial charge on any atom is 0.268 e. The van der Waals surface area contributed by atoms with E-state index in [9.17, 15) is 13.2 Å². The number of nitrogens with one attached hydrogen (secondary N) is 2. The van der Waals surface area contributed by atoms with Crippen LogP contribution in [0.25, 0.3) is 16.5 Å². The number of benzene rings is 3. The predicted molar refractivity (Wildman–Crippen MR) is 242 cm³/mol. The molecule has 0 unspecified atom stereocenters.